The van der Waals surface area contributed by atoms with E-state index in [0.29, 0.717) is 17.2 Å². The first kappa shape index (κ1) is 22.7. The predicted molar refractivity (Wildman–Crippen MR) is 128 cm³/mol. The lowest BCUT2D eigenvalue weighted by molar-refractivity contribution is 0.462. The molecule has 0 saturated heterocycles. The van der Waals surface area contributed by atoms with E-state index >= 15 is 0 Å². The third kappa shape index (κ3) is 3.78. The zero-order valence-electron chi connectivity index (χ0n) is 19.7. The molecule has 0 heterocycles. The third-order valence-corrected chi connectivity index (χ3v) is 6.58. The molecular formula is C28H34O3. The first-order valence-corrected chi connectivity index (χ1v) is 10.9. The zero-order valence-corrected chi connectivity index (χ0v) is 19.7. The van der Waals surface area contributed by atoms with Crippen LogP contribution in [0.3, 0.4) is 0 Å². The van der Waals surface area contributed by atoms with Gasteiger partial charge >= 0.3 is 0 Å². The van der Waals surface area contributed by atoms with Crippen LogP contribution in [-0.2, 0) is 5.41 Å². The highest BCUT2D eigenvalue weighted by Gasteiger charge is 2.37. The number of benzene rings is 3. The lowest BCUT2D eigenvalue weighted by Gasteiger charge is -2.38. The molecule has 3 N–H and O–H groups in total. The van der Waals surface area contributed by atoms with Crippen molar-refractivity contribution >= 4 is 0 Å². The summed E-state index contributed by atoms with van der Waals surface area (Å²) in [6, 6.07) is 12.5. The minimum absolute atomic E-state index is 0.324. The van der Waals surface area contributed by atoms with E-state index in [1.165, 1.54) is 0 Å². The molecule has 0 amide bonds. The normalized spacial score (nSPS) is 11.7. The fraction of sp³-hybridized carbons (Fsp3) is 0.357. The largest absolute Gasteiger partial charge is 0.507 e. The summed E-state index contributed by atoms with van der Waals surface area (Å²) >= 11 is 0. The average molecular weight is 419 g/mol. The summed E-state index contributed by atoms with van der Waals surface area (Å²) < 4.78 is 0. The summed E-state index contributed by atoms with van der Waals surface area (Å²) in [5.41, 5.74) is 7.90. The smallest absolute Gasteiger partial charge is 0.121 e. The molecule has 0 unspecified atom stereocenters. The van der Waals surface area contributed by atoms with Crippen LogP contribution >= 0.6 is 0 Å². The highest BCUT2D eigenvalue weighted by Crippen LogP contribution is 2.47. The molecule has 0 saturated carbocycles. The zero-order chi connectivity index (χ0) is 23.1. The van der Waals surface area contributed by atoms with E-state index in [1.54, 1.807) is 0 Å². The molecule has 0 fully saturated rings. The van der Waals surface area contributed by atoms with E-state index in [-0.39, 0.29) is 0 Å². The Hall–Kier alpha value is -2.94. The molecule has 0 bridgehead atoms. The summed E-state index contributed by atoms with van der Waals surface area (Å²) in [5.74, 6) is 0.973. The van der Waals surface area contributed by atoms with Crippen LogP contribution in [0.25, 0.3) is 0 Å². The van der Waals surface area contributed by atoms with Crippen molar-refractivity contribution in [1.29, 1.82) is 0 Å². The quantitative estimate of drug-likeness (QED) is 0.400. The van der Waals surface area contributed by atoms with Crippen molar-refractivity contribution < 1.29 is 15.3 Å². The summed E-state index contributed by atoms with van der Waals surface area (Å²) in [5, 5.41) is 31.4. The molecule has 0 radical (unpaired) electrons. The number of rotatable bonds is 5. The second kappa shape index (κ2) is 8.30. The van der Waals surface area contributed by atoms with Crippen molar-refractivity contribution in [1.82, 2.24) is 0 Å². The highest BCUT2D eigenvalue weighted by atomic mass is 16.3. The maximum absolute atomic E-state index is 10.5. The Morgan fingerprint density at radius 1 is 0.516 bits per heavy atom. The second-order valence-corrected chi connectivity index (χ2v) is 9.03. The molecule has 31 heavy (non-hydrogen) atoms. The van der Waals surface area contributed by atoms with Gasteiger partial charge in [-0.2, -0.15) is 0 Å². The van der Waals surface area contributed by atoms with E-state index in [9.17, 15) is 15.3 Å². The van der Waals surface area contributed by atoms with Crippen LogP contribution in [0.5, 0.6) is 17.2 Å². The number of aromatic hydroxyl groups is 3. The van der Waals surface area contributed by atoms with Gasteiger partial charge in [0, 0.05) is 5.41 Å². The Morgan fingerprint density at radius 2 is 0.742 bits per heavy atom. The fourth-order valence-electron chi connectivity index (χ4n) is 4.91. The lowest BCUT2D eigenvalue weighted by Crippen LogP contribution is -2.30. The van der Waals surface area contributed by atoms with Crippen LogP contribution in [0.2, 0.25) is 0 Å². The van der Waals surface area contributed by atoms with E-state index in [2.05, 4.69) is 43.3 Å². The van der Waals surface area contributed by atoms with Gasteiger partial charge in [0.05, 0.1) is 0 Å². The van der Waals surface area contributed by atoms with Crippen LogP contribution in [0.4, 0.5) is 0 Å². The molecule has 0 aliphatic rings. The lowest BCUT2D eigenvalue weighted by atomic mass is 9.65. The maximum Gasteiger partial charge on any atom is 0.121 e. The van der Waals surface area contributed by atoms with Gasteiger partial charge in [0.25, 0.3) is 0 Å². The molecule has 3 nitrogen and oxygen atoms in total. The molecule has 0 aliphatic carbocycles. The Kier molecular flexibility index (Phi) is 6.09. The van der Waals surface area contributed by atoms with Crippen LogP contribution in [-0.4, -0.2) is 15.3 Å². The Bertz CT molecular complexity index is 933. The SMILES string of the molecule is CCCC(c1cc(C)c(O)c(C)c1)(c1cc(C)c(O)c(C)c1)c1cc(C)c(O)c(C)c1. The molecule has 0 spiro atoms. The van der Waals surface area contributed by atoms with Gasteiger partial charge in [-0.15, -0.1) is 0 Å². The summed E-state index contributed by atoms with van der Waals surface area (Å²) in [4.78, 5) is 0. The standard InChI is InChI=1S/C28H34O3/c1-8-9-28(22-10-16(2)25(29)17(3)11-22,23-12-18(4)26(30)19(5)13-23)24-14-20(6)27(31)21(7)15-24/h10-15,29-31H,8-9H2,1-7H3. The predicted octanol–water partition coefficient (Wildman–Crippen LogP) is 6.79. The molecule has 3 heteroatoms. The van der Waals surface area contributed by atoms with Crippen molar-refractivity contribution in [2.24, 2.45) is 0 Å². The Morgan fingerprint density at radius 3 is 0.935 bits per heavy atom. The van der Waals surface area contributed by atoms with E-state index in [1.807, 2.05) is 41.5 Å². The molecule has 0 atom stereocenters. The number of phenols is 3. The van der Waals surface area contributed by atoms with Crippen LogP contribution in [0.15, 0.2) is 36.4 Å². The first-order valence-electron chi connectivity index (χ1n) is 10.9. The minimum atomic E-state index is -0.482. The molecule has 3 rings (SSSR count). The van der Waals surface area contributed by atoms with Crippen LogP contribution < -0.4 is 0 Å². The van der Waals surface area contributed by atoms with Gasteiger partial charge in [0.2, 0.25) is 0 Å². The molecule has 3 aromatic carbocycles. The van der Waals surface area contributed by atoms with Crippen molar-refractivity contribution in [2.45, 2.75) is 66.7 Å². The summed E-state index contributed by atoms with van der Waals surface area (Å²) in [6.07, 6.45) is 1.79. The fourth-order valence-corrected chi connectivity index (χ4v) is 4.91. The Balaban J connectivity index is 2.50. The number of hydrogen-bond donors (Lipinski definition) is 3. The molecule has 0 aromatic heterocycles. The van der Waals surface area contributed by atoms with Crippen molar-refractivity contribution in [3.05, 3.63) is 86.5 Å². The van der Waals surface area contributed by atoms with Gasteiger partial charge in [-0.05, 0) is 98.0 Å². The molecule has 3 aromatic rings. The summed E-state index contributed by atoms with van der Waals surface area (Å²) in [6.45, 7) is 13.8. The van der Waals surface area contributed by atoms with Gasteiger partial charge in [-0.1, -0.05) is 49.7 Å². The van der Waals surface area contributed by atoms with E-state index in [4.69, 9.17) is 0 Å². The minimum Gasteiger partial charge on any atom is -0.507 e. The van der Waals surface area contributed by atoms with Gasteiger partial charge in [0.1, 0.15) is 17.2 Å². The Labute approximate surface area is 186 Å². The third-order valence-electron chi connectivity index (χ3n) is 6.58. The van der Waals surface area contributed by atoms with Gasteiger partial charge in [-0.25, -0.2) is 0 Å². The van der Waals surface area contributed by atoms with Crippen LogP contribution in [0.1, 0.15) is 69.8 Å². The van der Waals surface area contributed by atoms with Crippen molar-refractivity contribution in [3.63, 3.8) is 0 Å². The van der Waals surface area contributed by atoms with Crippen molar-refractivity contribution in [3.8, 4) is 17.2 Å². The summed E-state index contributed by atoms with van der Waals surface area (Å²) in [7, 11) is 0. The molecule has 164 valence electrons. The van der Waals surface area contributed by atoms with Gasteiger partial charge < -0.3 is 15.3 Å². The average Bonchev–Trinajstić information content (AvgIpc) is 2.71. The highest BCUT2D eigenvalue weighted by molar-refractivity contribution is 5.59. The van der Waals surface area contributed by atoms with Gasteiger partial charge in [0.15, 0.2) is 0 Å². The topological polar surface area (TPSA) is 60.7 Å². The van der Waals surface area contributed by atoms with Gasteiger partial charge in [-0.3, -0.25) is 0 Å². The maximum atomic E-state index is 10.5. The monoisotopic (exact) mass is 418 g/mol. The van der Waals surface area contributed by atoms with Crippen molar-refractivity contribution in [2.75, 3.05) is 0 Å². The second-order valence-electron chi connectivity index (χ2n) is 9.03. The first-order chi connectivity index (χ1) is 14.5. The van der Waals surface area contributed by atoms with E-state index in [0.717, 1.165) is 62.9 Å². The number of phenolic OH excluding ortho intramolecular Hbond substituents is 3. The number of hydrogen-bond acceptors (Lipinski definition) is 3. The van der Waals surface area contributed by atoms with E-state index < -0.39 is 5.41 Å². The van der Waals surface area contributed by atoms with Crippen LogP contribution in [0, 0.1) is 41.5 Å². The molecule has 0 aliphatic heterocycles. The molecular weight excluding hydrogens is 384 g/mol. The number of aryl methyl sites for hydroxylation is 6.